The number of Topliss-reactive ketones (excluding diaryl/α,β-unsaturated/α-hetero) is 1. The summed E-state index contributed by atoms with van der Waals surface area (Å²) < 4.78 is 25.7. The number of hydrogen-bond donors (Lipinski definition) is 0. The molecule has 0 N–H and O–H groups in total. The van der Waals surface area contributed by atoms with Crippen LogP contribution in [0.4, 0.5) is 4.39 Å². The molecule has 0 heterocycles. The largest absolute Gasteiger partial charge is 0.459 e. The Balaban J connectivity index is 2.08. The number of carbonyl (C=O) groups excluding carboxylic acids is 2. The van der Waals surface area contributed by atoms with Crippen molar-refractivity contribution in [2.45, 2.75) is 51.6 Å². The number of hydrogen-bond acceptors (Lipinski definition) is 6. The first-order chi connectivity index (χ1) is 15.0. The number of esters is 1. The van der Waals surface area contributed by atoms with E-state index in [4.69, 9.17) is 9.47 Å². The van der Waals surface area contributed by atoms with Gasteiger partial charge in [-0.3, -0.25) is 19.7 Å². The molecule has 2 aromatic rings. The average Bonchev–Trinajstić information content (AvgIpc) is 3.09. The molecule has 0 unspecified atom stereocenters. The van der Waals surface area contributed by atoms with Crippen molar-refractivity contribution in [3.63, 3.8) is 0 Å². The smallest absolute Gasteiger partial charge is 0.321 e. The third-order valence-electron chi connectivity index (χ3n) is 5.49. The second-order valence-electron chi connectivity index (χ2n) is 8.92. The van der Waals surface area contributed by atoms with Crippen LogP contribution in [0.3, 0.4) is 0 Å². The highest BCUT2D eigenvalue weighted by Crippen LogP contribution is 2.49. The number of halogens is 1. The maximum absolute atomic E-state index is 14.5. The van der Waals surface area contributed by atoms with Gasteiger partial charge in [-0.15, -0.1) is 0 Å². The molecule has 1 aliphatic rings. The van der Waals surface area contributed by atoms with Crippen LogP contribution in [0, 0.1) is 21.3 Å². The van der Waals surface area contributed by atoms with Gasteiger partial charge < -0.3 is 9.47 Å². The fraction of sp³-hybridized carbons (Fsp3) is 0.417. The average molecular weight is 443 g/mol. The van der Waals surface area contributed by atoms with Crippen LogP contribution in [-0.2, 0) is 14.3 Å². The molecule has 0 aromatic heterocycles. The monoisotopic (exact) mass is 443 g/mol. The number of para-hydroxylation sites is 1. The lowest BCUT2D eigenvalue weighted by atomic mass is 9.69. The summed E-state index contributed by atoms with van der Waals surface area (Å²) in [6.07, 6.45) is 0.675. The molecule has 0 amide bonds. The standard InChI is InChI=1S/C24H26FNO6/c1-23(2,3)32-22(28)24(13-7-10-21(24)27)18(15-26(29)30)16-11-12-19(25)20(14-16)31-17-8-5-4-6-9-17/h4-6,8-9,11-12,14,18H,7,10,13,15H2,1-3H3/t18-,24+/m0/s1. The third-order valence-corrected chi connectivity index (χ3v) is 5.49. The Morgan fingerprint density at radius 3 is 2.47 bits per heavy atom. The Morgan fingerprint density at radius 2 is 1.91 bits per heavy atom. The lowest BCUT2D eigenvalue weighted by molar-refractivity contribution is -0.485. The van der Waals surface area contributed by atoms with Crippen molar-refractivity contribution in [1.29, 1.82) is 0 Å². The zero-order chi connectivity index (χ0) is 23.5. The SMILES string of the molecule is CC(C)(C)OC(=O)[C@@]1([C@@H](C[N+](=O)[O-])c2ccc(F)c(Oc3ccccc3)c2)CCCC1=O. The predicted octanol–water partition coefficient (Wildman–Crippen LogP) is 5.06. The number of ether oxygens (including phenoxy) is 2. The lowest BCUT2D eigenvalue weighted by Crippen LogP contribution is -2.47. The van der Waals surface area contributed by atoms with E-state index in [2.05, 4.69) is 0 Å². The molecule has 0 spiro atoms. The Morgan fingerprint density at radius 1 is 1.22 bits per heavy atom. The third kappa shape index (κ3) is 4.95. The van der Waals surface area contributed by atoms with Crippen LogP contribution in [0.15, 0.2) is 48.5 Å². The van der Waals surface area contributed by atoms with Crippen LogP contribution in [0.25, 0.3) is 0 Å². The molecule has 0 radical (unpaired) electrons. The van der Waals surface area contributed by atoms with Crippen LogP contribution in [-0.4, -0.2) is 28.8 Å². The van der Waals surface area contributed by atoms with Gasteiger partial charge in [-0.25, -0.2) is 4.39 Å². The summed E-state index contributed by atoms with van der Waals surface area (Å²) in [6, 6.07) is 12.3. The van der Waals surface area contributed by atoms with Gasteiger partial charge in [0.1, 0.15) is 16.8 Å². The highest BCUT2D eigenvalue weighted by molar-refractivity contribution is 6.06. The van der Waals surface area contributed by atoms with Gasteiger partial charge >= 0.3 is 5.97 Å². The molecule has 170 valence electrons. The zero-order valence-corrected chi connectivity index (χ0v) is 18.3. The summed E-state index contributed by atoms with van der Waals surface area (Å²) in [4.78, 5) is 37.3. The lowest BCUT2D eigenvalue weighted by Gasteiger charge is -2.34. The number of nitrogens with zero attached hydrogens (tertiary/aromatic N) is 1. The summed E-state index contributed by atoms with van der Waals surface area (Å²) in [7, 11) is 0. The molecule has 0 bridgehead atoms. The summed E-state index contributed by atoms with van der Waals surface area (Å²) in [5, 5.41) is 11.6. The molecule has 1 aliphatic carbocycles. The van der Waals surface area contributed by atoms with E-state index in [1.165, 1.54) is 12.1 Å². The van der Waals surface area contributed by atoms with Gasteiger partial charge in [-0.2, -0.15) is 0 Å². The maximum Gasteiger partial charge on any atom is 0.321 e. The van der Waals surface area contributed by atoms with Crippen LogP contribution >= 0.6 is 0 Å². The number of ketones is 1. The minimum Gasteiger partial charge on any atom is -0.459 e. The normalized spacial score (nSPS) is 19.4. The van der Waals surface area contributed by atoms with Gasteiger partial charge in [0.15, 0.2) is 17.3 Å². The van der Waals surface area contributed by atoms with E-state index in [1.807, 2.05) is 0 Å². The van der Waals surface area contributed by atoms with Gasteiger partial charge in [-0.1, -0.05) is 24.3 Å². The Bertz CT molecular complexity index is 1020. The van der Waals surface area contributed by atoms with E-state index in [0.717, 1.165) is 6.07 Å². The summed E-state index contributed by atoms with van der Waals surface area (Å²) >= 11 is 0. The van der Waals surface area contributed by atoms with E-state index in [1.54, 1.807) is 51.1 Å². The van der Waals surface area contributed by atoms with Gasteiger partial charge in [0, 0.05) is 11.3 Å². The molecule has 7 nitrogen and oxygen atoms in total. The van der Waals surface area contributed by atoms with Crippen molar-refractivity contribution in [2.24, 2.45) is 5.41 Å². The van der Waals surface area contributed by atoms with Crippen molar-refractivity contribution in [3.8, 4) is 11.5 Å². The van der Waals surface area contributed by atoms with E-state index in [0.29, 0.717) is 12.2 Å². The Kier molecular flexibility index (Phi) is 6.62. The van der Waals surface area contributed by atoms with Gasteiger partial charge in [-0.05, 0) is 63.4 Å². The molecular formula is C24H26FNO6. The minimum absolute atomic E-state index is 0.127. The molecule has 1 fully saturated rings. The van der Waals surface area contributed by atoms with E-state index >= 15 is 0 Å². The molecule has 32 heavy (non-hydrogen) atoms. The summed E-state index contributed by atoms with van der Waals surface area (Å²) in [6.45, 7) is 4.33. The van der Waals surface area contributed by atoms with E-state index in [-0.39, 0.29) is 24.2 Å². The first kappa shape index (κ1) is 23.4. The topological polar surface area (TPSA) is 95.7 Å². The van der Waals surface area contributed by atoms with Crippen molar-refractivity contribution in [1.82, 2.24) is 0 Å². The van der Waals surface area contributed by atoms with Gasteiger partial charge in [0.25, 0.3) is 0 Å². The Labute approximate surface area is 185 Å². The van der Waals surface area contributed by atoms with Crippen molar-refractivity contribution in [2.75, 3.05) is 6.54 Å². The molecule has 8 heteroatoms. The fourth-order valence-corrected chi connectivity index (χ4v) is 4.11. The highest BCUT2D eigenvalue weighted by atomic mass is 19.1. The Hall–Kier alpha value is -3.29. The van der Waals surface area contributed by atoms with Crippen molar-refractivity contribution < 1.29 is 28.4 Å². The van der Waals surface area contributed by atoms with Gasteiger partial charge in [0.05, 0.1) is 5.92 Å². The van der Waals surface area contributed by atoms with Crippen molar-refractivity contribution >= 4 is 11.8 Å². The highest BCUT2D eigenvalue weighted by Gasteiger charge is 2.58. The summed E-state index contributed by atoms with van der Waals surface area (Å²) in [5.41, 5.74) is -2.31. The molecule has 0 aliphatic heterocycles. The quantitative estimate of drug-likeness (QED) is 0.257. The first-order valence-electron chi connectivity index (χ1n) is 10.4. The van der Waals surface area contributed by atoms with Crippen LogP contribution in [0.1, 0.15) is 51.5 Å². The van der Waals surface area contributed by atoms with Crippen LogP contribution in [0.2, 0.25) is 0 Å². The zero-order valence-electron chi connectivity index (χ0n) is 18.3. The molecule has 2 atom stereocenters. The fourth-order valence-electron chi connectivity index (χ4n) is 4.11. The predicted molar refractivity (Wildman–Crippen MR) is 115 cm³/mol. The molecule has 0 saturated heterocycles. The minimum atomic E-state index is -1.71. The first-order valence-corrected chi connectivity index (χ1v) is 10.4. The van der Waals surface area contributed by atoms with Crippen LogP contribution in [0.5, 0.6) is 11.5 Å². The van der Waals surface area contributed by atoms with Crippen LogP contribution < -0.4 is 4.74 Å². The molecule has 2 aromatic carbocycles. The molecule has 1 saturated carbocycles. The molecular weight excluding hydrogens is 417 g/mol. The summed E-state index contributed by atoms with van der Waals surface area (Å²) in [5.74, 6) is -2.73. The number of nitro groups is 1. The number of carbonyl (C=O) groups is 2. The number of rotatable bonds is 7. The van der Waals surface area contributed by atoms with E-state index in [9.17, 15) is 24.1 Å². The molecule has 3 rings (SSSR count). The maximum atomic E-state index is 14.5. The van der Waals surface area contributed by atoms with Gasteiger partial charge in [0.2, 0.25) is 6.54 Å². The van der Waals surface area contributed by atoms with E-state index < -0.39 is 46.0 Å². The number of benzene rings is 2. The second kappa shape index (κ2) is 9.06. The van der Waals surface area contributed by atoms with Crippen molar-refractivity contribution in [3.05, 3.63) is 70.0 Å². The second-order valence-corrected chi connectivity index (χ2v) is 8.92.